The minimum atomic E-state index is -3.12. The van der Waals surface area contributed by atoms with Gasteiger partial charge in [-0.05, 0) is 43.7 Å². The zero-order chi connectivity index (χ0) is 20.6. The molecule has 0 aliphatic rings. The number of nitrogens with one attached hydrogen (secondary N) is 2. The van der Waals surface area contributed by atoms with Gasteiger partial charge in [-0.3, -0.25) is 14.8 Å². The number of nitrogens with two attached hydrogens (primary N) is 1. The number of hydrogen-bond acceptors (Lipinski definition) is 4. The first-order valence-corrected chi connectivity index (χ1v) is 7.86. The third-order valence-corrected chi connectivity index (χ3v) is 3.66. The molecule has 5 N–H and O–H groups in total. The molecule has 0 fully saturated rings. The lowest BCUT2D eigenvalue weighted by molar-refractivity contribution is -0.134. The molecule has 2 atom stereocenters. The summed E-state index contributed by atoms with van der Waals surface area (Å²) in [7, 11) is 0. The highest BCUT2D eigenvalue weighted by Gasteiger charge is 2.44. The van der Waals surface area contributed by atoms with Crippen molar-refractivity contribution in [2.45, 2.75) is 31.9 Å². The van der Waals surface area contributed by atoms with Crippen LogP contribution in [0.2, 0.25) is 0 Å². The largest absolute Gasteiger partial charge is 0.338 e. The Labute approximate surface area is 156 Å². The third kappa shape index (κ3) is 6.02. The molecule has 0 saturated carbocycles. The molecule has 2 amide bonds. The number of hydroxylamine groups is 1. The first-order valence-electron chi connectivity index (χ1n) is 7.86. The Bertz CT molecular complexity index is 791. The average Bonchev–Trinajstić information content (AvgIpc) is 2.64. The molecule has 1 aromatic rings. The van der Waals surface area contributed by atoms with Crippen LogP contribution in [-0.2, 0) is 4.79 Å². The molecule has 1 rings (SSSR count). The summed E-state index contributed by atoms with van der Waals surface area (Å²) in [6, 6.07) is 4.14. The van der Waals surface area contributed by atoms with E-state index in [1.54, 1.807) is 24.3 Å². The fourth-order valence-electron chi connectivity index (χ4n) is 2.00. The van der Waals surface area contributed by atoms with Crippen LogP contribution in [0.1, 0.15) is 29.8 Å². The van der Waals surface area contributed by atoms with Crippen LogP contribution in [0, 0.1) is 11.8 Å². The Hall–Kier alpha value is -3.02. The minimum Gasteiger partial charge on any atom is -0.338 e. The summed E-state index contributed by atoms with van der Waals surface area (Å²) < 4.78 is 26.2. The van der Waals surface area contributed by atoms with Crippen molar-refractivity contribution in [3.63, 3.8) is 0 Å². The zero-order valence-electron chi connectivity index (χ0n) is 14.9. The van der Waals surface area contributed by atoms with Gasteiger partial charge in [-0.25, -0.2) is 14.3 Å². The Morgan fingerprint density at radius 2 is 1.93 bits per heavy atom. The third-order valence-electron chi connectivity index (χ3n) is 3.66. The molecule has 27 heavy (non-hydrogen) atoms. The average molecular weight is 377 g/mol. The Morgan fingerprint density at radius 1 is 1.33 bits per heavy atom. The van der Waals surface area contributed by atoms with Gasteiger partial charge < -0.3 is 11.1 Å². The SMILES string of the molecule is C=C/C=C(\C)C#Cc1ccc(C(=O)N[C@H](C(=O)NO)[C@](C)(N)C(F)F)cc1. The van der Waals surface area contributed by atoms with Crippen molar-refractivity contribution in [1.29, 1.82) is 0 Å². The molecular formula is C19H21F2N3O3. The number of carbonyl (C=O) groups is 2. The number of rotatable bonds is 6. The van der Waals surface area contributed by atoms with E-state index in [1.165, 1.54) is 17.6 Å². The maximum atomic E-state index is 13.1. The second-order valence-electron chi connectivity index (χ2n) is 5.96. The molecule has 0 aliphatic carbocycles. The topological polar surface area (TPSA) is 104 Å². The summed E-state index contributed by atoms with van der Waals surface area (Å²) in [4.78, 5) is 23.9. The van der Waals surface area contributed by atoms with Crippen LogP contribution in [0.15, 0.2) is 48.6 Å². The van der Waals surface area contributed by atoms with Crippen molar-refractivity contribution in [2.75, 3.05) is 0 Å². The van der Waals surface area contributed by atoms with Crippen molar-refractivity contribution in [3.8, 4) is 11.8 Å². The molecule has 0 saturated heterocycles. The van der Waals surface area contributed by atoms with Gasteiger partial charge in [0, 0.05) is 11.1 Å². The highest BCUT2D eigenvalue weighted by atomic mass is 19.3. The second kappa shape index (κ2) is 9.62. The van der Waals surface area contributed by atoms with Gasteiger partial charge in [-0.15, -0.1) is 0 Å². The number of alkyl halides is 2. The predicted octanol–water partition coefficient (Wildman–Crippen LogP) is 1.76. The maximum absolute atomic E-state index is 13.1. The summed E-state index contributed by atoms with van der Waals surface area (Å²) in [6.45, 7) is 6.28. The highest BCUT2D eigenvalue weighted by Crippen LogP contribution is 2.18. The Balaban J connectivity index is 2.99. The number of amides is 2. The molecule has 0 aliphatic heterocycles. The molecule has 1 aromatic carbocycles. The summed E-state index contributed by atoms with van der Waals surface area (Å²) in [5.41, 5.74) is 5.85. The van der Waals surface area contributed by atoms with Crippen LogP contribution >= 0.6 is 0 Å². The molecule has 0 unspecified atom stereocenters. The number of benzene rings is 1. The van der Waals surface area contributed by atoms with E-state index in [0.29, 0.717) is 5.56 Å². The number of allylic oxidation sites excluding steroid dienone is 3. The molecule has 0 heterocycles. The molecular weight excluding hydrogens is 356 g/mol. The van der Waals surface area contributed by atoms with Gasteiger partial charge in [-0.1, -0.05) is 30.6 Å². The lowest BCUT2D eigenvalue weighted by Gasteiger charge is -2.32. The fourth-order valence-corrected chi connectivity index (χ4v) is 2.00. The highest BCUT2D eigenvalue weighted by molar-refractivity contribution is 5.98. The molecule has 0 spiro atoms. The molecule has 6 nitrogen and oxygen atoms in total. The van der Waals surface area contributed by atoms with Gasteiger partial charge in [0.1, 0.15) is 11.6 Å². The minimum absolute atomic E-state index is 0.111. The van der Waals surface area contributed by atoms with Gasteiger partial charge in [0.25, 0.3) is 18.2 Å². The van der Waals surface area contributed by atoms with Crippen LogP contribution in [0.4, 0.5) is 8.78 Å². The second-order valence-corrected chi connectivity index (χ2v) is 5.96. The molecule has 0 radical (unpaired) electrons. The van der Waals surface area contributed by atoms with Gasteiger partial charge in [0.2, 0.25) is 0 Å². The van der Waals surface area contributed by atoms with Gasteiger partial charge >= 0.3 is 0 Å². The van der Waals surface area contributed by atoms with E-state index in [0.717, 1.165) is 12.5 Å². The van der Waals surface area contributed by atoms with Crippen LogP contribution in [0.25, 0.3) is 0 Å². The standard InChI is InChI=1S/C19H21F2N3O3/c1-4-5-12(2)6-7-13-8-10-14(11-9-13)16(25)23-15(17(26)24-27)19(3,22)18(20)21/h4-5,8-11,15,18,27H,1,22H2,2-3H3,(H,23,25)(H,24,26)/b12-5+/t15-,19+/m1/s1. The molecule has 144 valence electrons. The first-order chi connectivity index (χ1) is 12.6. The monoisotopic (exact) mass is 377 g/mol. The lowest BCUT2D eigenvalue weighted by atomic mass is 9.92. The van der Waals surface area contributed by atoms with E-state index in [-0.39, 0.29) is 5.56 Å². The summed E-state index contributed by atoms with van der Waals surface area (Å²) in [5.74, 6) is 3.73. The van der Waals surface area contributed by atoms with Gasteiger partial charge in [0.05, 0.1) is 0 Å². The van der Waals surface area contributed by atoms with Crippen molar-refractivity contribution in [2.24, 2.45) is 5.73 Å². The van der Waals surface area contributed by atoms with Gasteiger partial charge in [0.15, 0.2) is 0 Å². The molecule has 0 bridgehead atoms. The molecule has 8 heteroatoms. The first kappa shape index (κ1) is 22.0. The van der Waals surface area contributed by atoms with E-state index in [2.05, 4.69) is 23.7 Å². The van der Waals surface area contributed by atoms with E-state index >= 15 is 0 Å². The summed E-state index contributed by atoms with van der Waals surface area (Å²) in [5, 5.41) is 10.9. The van der Waals surface area contributed by atoms with E-state index in [9.17, 15) is 18.4 Å². The fraction of sp³-hybridized carbons (Fsp3) is 0.263. The van der Waals surface area contributed by atoms with Gasteiger partial charge in [-0.2, -0.15) is 0 Å². The molecule has 0 aromatic heterocycles. The predicted molar refractivity (Wildman–Crippen MR) is 97.1 cm³/mol. The smallest absolute Gasteiger partial charge is 0.268 e. The lowest BCUT2D eigenvalue weighted by Crippen LogP contribution is -2.66. The van der Waals surface area contributed by atoms with Crippen LogP contribution in [0.3, 0.4) is 0 Å². The quantitative estimate of drug-likeness (QED) is 0.262. The zero-order valence-corrected chi connectivity index (χ0v) is 14.9. The van der Waals surface area contributed by atoms with E-state index in [1.807, 2.05) is 6.92 Å². The van der Waals surface area contributed by atoms with E-state index in [4.69, 9.17) is 10.9 Å². The van der Waals surface area contributed by atoms with Crippen molar-refractivity contribution >= 4 is 11.8 Å². The Morgan fingerprint density at radius 3 is 2.41 bits per heavy atom. The normalized spacial score (nSPS) is 14.4. The van der Waals surface area contributed by atoms with Crippen molar-refractivity contribution < 1.29 is 23.6 Å². The summed E-state index contributed by atoms with van der Waals surface area (Å²) in [6.07, 6.45) is 0.235. The van der Waals surface area contributed by atoms with Crippen LogP contribution < -0.4 is 16.5 Å². The number of carbonyl (C=O) groups excluding carboxylic acids is 2. The van der Waals surface area contributed by atoms with Crippen LogP contribution in [0.5, 0.6) is 0 Å². The van der Waals surface area contributed by atoms with Crippen molar-refractivity contribution in [3.05, 3.63) is 59.7 Å². The summed E-state index contributed by atoms with van der Waals surface area (Å²) >= 11 is 0. The van der Waals surface area contributed by atoms with Crippen molar-refractivity contribution in [1.82, 2.24) is 10.8 Å². The van der Waals surface area contributed by atoms with Crippen LogP contribution in [-0.4, -0.2) is 35.0 Å². The maximum Gasteiger partial charge on any atom is 0.268 e. The van der Waals surface area contributed by atoms with E-state index < -0.39 is 29.8 Å². The Kier molecular flexibility index (Phi) is 7.84. The number of halogens is 2. The number of hydrogen-bond donors (Lipinski definition) is 4.